The zero-order valence-corrected chi connectivity index (χ0v) is 19.6. The van der Waals surface area contributed by atoms with Gasteiger partial charge in [0.15, 0.2) is 11.5 Å². The van der Waals surface area contributed by atoms with Crippen LogP contribution in [0.2, 0.25) is 0 Å². The van der Waals surface area contributed by atoms with Crippen molar-refractivity contribution in [2.75, 3.05) is 6.79 Å². The minimum absolute atomic E-state index is 0.139. The van der Waals surface area contributed by atoms with Crippen molar-refractivity contribution in [1.82, 2.24) is 10.3 Å². The maximum Gasteiger partial charge on any atom is 0.252 e. The number of para-hydroxylation sites is 1. The first-order valence-electron chi connectivity index (χ1n) is 11.9. The number of fused-ring (bicyclic) bond motifs is 2. The van der Waals surface area contributed by atoms with Crippen LogP contribution in [0.4, 0.5) is 0 Å². The third-order valence-corrected chi connectivity index (χ3v) is 6.42. The third kappa shape index (κ3) is 4.39. The Hall–Kier alpha value is -4.64. The molecule has 5 heteroatoms. The van der Waals surface area contributed by atoms with Gasteiger partial charge < -0.3 is 14.8 Å². The Morgan fingerprint density at radius 2 is 1.53 bits per heavy atom. The molecule has 1 unspecified atom stereocenters. The molecule has 1 amide bonds. The molecule has 0 bridgehead atoms. The van der Waals surface area contributed by atoms with E-state index < -0.39 is 0 Å². The Labute approximate surface area is 209 Å². The Morgan fingerprint density at radius 1 is 0.806 bits per heavy atom. The first kappa shape index (κ1) is 21.9. The molecule has 5 aromatic rings. The molecule has 1 aliphatic rings. The molecule has 0 saturated carbocycles. The Kier molecular flexibility index (Phi) is 5.80. The third-order valence-electron chi connectivity index (χ3n) is 6.42. The number of ether oxygens (including phenoxy) is 2. The predicted octanol–water partition coefficient (Wildman–Crippen LogP) is 6.34. The van der Waals surface area contributed by atoms with E-state index in [4.69, 9.17) is 14.5 Å². The van der Waals surface area contributed by atoms with E-state index in [-0.39, 0.29) is 18.7 Å². The number of aromatic nitrogens is 1. The summed E-state index contributed by atoms with van der Waals surface area (Å²) in [5.41, 5.74) is 5.13. The number of hydrogen-bond acceptors (Lipinski definition) is 4. The molecule has 0 aliphatic carbocycles. The van der Waals surface area contributed by atoms with Gasteiger partial charge in [0, 0.05) is 10.9 Å². The number of benzene rings is 4. The fourth-order valence-electron chi connectivity index (χ4n) is 4.59. The summed E-state index contributed by atoms with van der Waals surface area (Å²) in [6.45, 7) is 0.208. The second kappa shape index (κ2) is 9.55. The van der Waals surface area contributed by atoms with Crippen LogP contribution in [0.3, 0.4) is 0 Å². The summed E-state index contributed by atoms with van der Waals surface area (Å²) in [6, 6.07) is 35.4. The van der Waals surface area contributed by atoms with Crippen molar-refractivity contribution in [3.05, 3.63) is 126 Å². The monoisotopic (exact) mass is 472 g/mol. The molecule has 2 heterocycles. The van der Waals surface area contributed by atoms with Gasteiger partial charge >= 0.3 is 0 Å². The smallest absolute Gasteiger partial charge is 0.252 e. The number of rotatable bonds is 6. The van der Waals surface area contributed by atoms with E-state index in [0.29, 0.717) is 29.2 Å². The average Bonchev–Trinajstić information content (AvgIpc) is 3.41. The van der Waals surface area contributed by atoms with E-state index in [0.717, 1.165) is 27.6 Å². The van der Waals surface area contributed by atoms with Crippen LogP contribution in [-0.2, 0) is 6.42 Å². The number of hydrogen-bond donors (Lipinski definition) is 1. The largest absolute Gasteiger partial charge is 0.454 e. The summed E-state index contributed by atoms with van der Waals surface area (Å²) in [7, 11) is 0. The topological polar surface area (TPSA) is 60.5 Å². The fourth-order valence-corrected chi connectivity index (χ4v) is 4.59. The zero-order valence-electron chi connectivity index (χ0n) is 19.6. The van der Waals surface area contributed by atoms with Crippen LogP contribution in [-0.4, -0.2) is 17.7 Å². The number of carbonyl (C=O) groups excluding carboxylic acids is 1. The molecule has 0 radical (unpaired) electrons. The second-order valence-electron chi connectivity index (χ2n) is 8.77. The molecule has 176 valence electrons. The summed E-state index contributed by atoms with van der Waals surface area (Å²) in [4.78, 5) is 18.7. The molecule has 6 rings (SSSR count). The molecule has 1 aromatic heterocycles. The standard InChI is InChI=1S/C31H24N2O3/c34-31(33-27(22-11-5-2-6-12-22)17-21-9-3-1-4-10-21)25-19-28(32-26-14-8-7-13-24(25)26)23-15-16-29-30(18-23)36-20-35-29/h1-16,18-19,27H,17,20H2,(H,33,34). The summed E-state index contributed by atoms with van der Waals surface area (Å²) in [6.07, 6.45) is 0.689. The van der Waals surface area contributed by atoms with Crippen LogP contribution in [0.15, 0.2) is 109 Å². The van der Waals surface area contributed by atoms with Crippen molar-refractivity contribution < 1.29 is 14.3 Å². The molecular weight excluding hydrogens is 448 g/mol. The van der Waals surface area contributed by atoms with E-state index in [9.17, 15) is 4.79 Å². The number of nitrogens with zero attached hydrogens (tertiary/aromatic N) is 1. The highest BCUT2D eigenvalue weighted by Gasteiger charge is 2.21. The van der Waals surface area contributed by atoms with Gasteiger partial charge in [0.05, 0.1) is 22.8 Å². The van der Waals surface area contributed by atoms with E-state index in [2.05, 4.69) is 29.6 Å². The maximum atomic E-state index is 13.8. The van der Waals surface area contributed by atoms with Gasteiger partial charge in [-0.2, -0.15) is 0 Å². The first-order valence-corrected chi connectivity index (χ1v) is 11.9. The van der Waals surface area contributed by atoms with Crippen LogP contribution in [0.1, 0.15) is 27.5 Å². The Morgan fingerprint density at radius 3 is 2.36 bits per heavy atom. The molecule has 1 aliphatic heterocycles. The molecule has 4 aromatic carbocycles. The molecule has 1 N–H and O–H groups in total. The summed E-state index contributed by atoms with van der Waals surface area (Å²) in [5.74, 6) is 1.25. The summed E-state index contributed by atoms with van der Waals surface area (Å²) >= 11 is 0. The number of pyridine rings is 1. The van der Waals surface area contributed by atoms with Crippen LogP contribution in [0.5, 0.6) is 11.5 Å². The highest BCUT2D eigenvalue weighted by atomic mass is 16.7. The van der Waals surface area contributed by atoms with Crippen molar-refractivity contribution in [3.63, 3.8) is 0 Å². The van der Waals surface area contributed by atoms with E-state index in [1.54, 1.807) is 0 Å². The maximum absolute atomic E-state index is 13.8. The lowest BCUT2D eigenvalue weighted by Gasteiger charge is -2.20. The van der Waals surface area contributed by atoms with Crippen LogP contribution in [0.25, 0.3) is 22.2 Å². The van der Waals surface area contributed by atoms with E-state index in [1.807, 2.05) is 84.9 Å². The number of amides is 1. The van der Waals surface area contributed by atoms with E-state index in [1.165, 1.54) is 0 Å². The molecular formula is C31H24N2O3. The Balaban J connectivity index is 1.39. The number of carbonyl (C=O) groups is 1. The molecule has 0 fully saturated rings. The fraction of sp³-hybridized carbons (Fsp3) is 0.0968. The minimum Gasteiger partial charge on any atom is -0.454 e. The van der Waals surface area contributed by atoms with Gasteiger partial charge in [0.25, 0.3) is 5.91 Å². The molecule has 1 atom stereocenters. The summed E-state index contributed by atoms with van der Waals surface area (Å²) < 4.78 is 11.0. The molecule has 5 nitrogen and oxygen atoms in total. The van der Waals surface area contributed by atoms with Crippen molar-refractivity contribution in [2.24, 2.45) is 0 Å². The normalized spacial score (nSPS) is 12.9. The highest BCUT2D eigenvalue weighted by molar-refractivity contribution is 6.07. The van der Waals surface area contributed by atoms with Gasteiger partial charge in [-0.1, -0.05) is 78.9 Å². The van der Waals surface area contributed by atoms with Crippen molar-refractivity contribution >= 4 is 16.8 Å². The minimum atomic E-state index is -0.179. The van der Waals surface area contributed by atoms with Crippen molar-refractivity contribution in [1.29, 1.82) is 0 Å². The highest BCUT2D eigenvalue weighted by Crippen LogP contribution is 2.36. The van der Waals surface area contributed by atoms with Gasteiger partial charge in [-0.05, 0) is 47.9 Å². The zero-order chi connectivity index (χ0) is 24.3. The van der Waals surface area contributed by atoms with Gasteiger partial charge in [0.2, 0.25) is 6.79 Å². The Bertz CT molecular complexity index is 1530. The number of nitrogens with one attached hydrogen (secondary N) is 1. The lowest BCUT2D eigenvalue weighted by atomic mass is 9.97. The average molecular weight is 473 g/mol. The van der Waals surface area contributed by atoms with Crippen LogP contribution in [0, 0.1) is 0 Å². The van der Waals surface area contributed by atoms with Gasteiger partial charge in [-0.15, -0.1) is 0 Å². The van der Waals surface area contributed by atoms with Crippen molar-refractivity contribution in [3.8, 4) is 22.8 Å². The molecule has 0 spiro atoms. The quantitative estimate of drug-likeness (QED) is 0.313. The van der Waals surface area contributed by atoms with Crippen LogP contribution >= 0.6 is 0 Å². The predicted molar refractivity (Wildman–Crippen MR) is 140 cm³/mol. The second-order valence-corrected chi connectivity index (χ2v) is 8.77. The summed E-state index contributed by atoms with van der Waals surface area (Å²) in [5, 5.41) is 4.11. The van der Waals surface area contributed by atoms with Gasteiger partial charge in [0.1, 0.15) is 0 Å². The lowest BCUT2D eigenvalue weighted by molar-refractivity contribution is 0.0938. The lowest BCUT2D eigenvalue weighted by Crippen LogP contribution is -2.30. The van der Waals surface area contributed by atoms with Crippen LogP contribution < -0.4 is 14.8 Å². The molecule has 36 heavy (non-hydrogen) atoms. The first-order chi connectivity index (χ1) is 17.7. The SMILES string of the molecule is O=C(NC(Cc1ccccc1)c1ccccc1)c1cc(-c2ccc3c(c2)OCO3)nc2ccccc12. The van der Waals surface area contributed by atoms with E-state index >= 15 is 0 Å². The van der Waals surface area contributed by atoms with Gasteiger partial charge in [-0.25, -0.2) is 4.98 Å². The molecule has 0 saturated heterocycles. The van der Waals surface area contributed by atoms with Crippen molar-refractivity contribution in [2.45, 2.75) is 12.5 Å². The van der Waals surface area contributed by atoms with Gasteiger partial charge in [-0.3, -0.25) is 4.79 Å².